The van der Waals surface area contributed by atoms with E-state index in [1.54, 1.807) is 0 Å². The zero-order valence-corrected chi connectivity index (χ0v) is 8.38. The van der Waals surface area contributed by atoms with E-state index in [2.05, 4.69) is 15.1 Å². The number of aromatic nitrogens is 4. The summed E-state index contributed by atoms with van der Waals surface area (Å²) in [6, 6.07) is 0.693. The van der Waals surface area contributed by atoms with Gasteiger partial charge in [-0.2, -0.15) is 22.7 Å². The summed E-state index contributed by atoms with van der Waals surface area (Å²) >= 11 is 4.71. The zero-order chi connectivity index (χ0) is 11.9. The number of aliphatic hydroxyl groups is 1. The summed E-state index contributed by atoms with van der Waals surface area (Å²) in [6.07, 6.45) is -4.58. The number of hydrogen-bond donors (Lipinski definition) is 1. The fourth-order valence-electron chi connectivity index (χ4n) is 1.10. The number of rotatable bonds is 1. The summed E-state index contributed by atoms with van der Waals surface area (Å²) in [5.74, 6) is -0.304. The van der Waals surface area contributed by atoms with E-state index in [9.17, 15) is 13.2 Å². The van der Waals surface area contributed by atoms with Gasteiger partial charge in [-0.25, -0.2) is 4.98 Å². The van der Waals surface area contributed by atoms with Crippen LogP contribution in [0.5, 0.6) is 0 Å². The Balaban J connectivity index is 2.67. The smallest absolute Gasteiger partial charge is 0.388 e. The predicted molar refractivity (Wildman–Crippen MR) is 47.6 cm³/mol. The van der Waals surface area contributed by atoms with Gasteiger partial charge in [0.25, 0.3) is 5.78 Å². The van der Waals surface area contributed by atoms with Gasteiger partial charge in [-0.15, -0.1) is 5.10 Å². The Bertz CT molecular complexity index is 538. The molecule has 85 valence electrons. The Morgan fingerprint density at radius 2 is 2.06 bits per heavy atom. The maximum absolute atomic E-state index is 12.4. The van der Waals surface area contributed by atoms with Crippen LogP contribution in [0.4, 0.5) is 13.2 Å². The molecule has 0 fully saturated rings. The second-order valence-electron chi connectivity index (χ2n) is 2.88. The van der Waals surface area contributed by atoms with Gasteiger partial charge in [-0.05, 0) is 0 Å². The largest absolute Gasteiger partial charge is 0.433 e. The van der Waals surface area contributed by atoms with Crippen LogP contribution in [-0.2, 0) is 12.8 Å². The Morgan fingerprint density at radius 1 is 1.38 bits per heavy atom. The van der Waals surface area contributed by atoms with Gasteiger partial charge in [-0.3, -0.25) is 0 Å². The molecule has 0 atom stereocenters. The van der Waals surface area contributed by atoms with Crippen LogP contribution in [-0.4, -0.2) is 24.7 Å². The minimum atomic E-state index is -4.58. The van der Waals surface area contributed by atoms with E-state index in [1.807, 2.05) is 0 Å². The van der Waals surface area contributed by atoms with Gasteiger partial charge >= 0.3 is 6.18 Å². The van der Waals surface area contributed by atoms with Crippen molar-refractivity contribution in [1.29, 1.82) is 0 Å². The molecule has 0 saturated heterocycles. The summed E-state index contributed by atoms with van der Waals surface area (Å²) in [5, 5.41) is 12.2. The van der Waals surface area contributed by atoms with Crippen LogP contribution in [0.1, 0.15) is 11.5 Å². The number of halogens is 3. The summed E-state index contributed by atoms with van der Waals surface area (Å²) in [7, 11) is 0. The molecule has 5 nitrogen and oxygen atoms in total. The molecule has 2 aromatic heterocycles. The third kappa shape index (κ3) is 1.78. The van der Waals surface area contributed by atoms with Gasteiger partial charge in [0.05, 0.1) is 0 Å². The third-order valence-electron chi connectivity index (χ3n) is 1.76. The maximum atomic E-state index is 12.4. The van der Waals surface area contributed by atoms with Crippen LogP contribution < -0.4 is 0 Å². The maximum Gasteiger partial charge on any atom is 0.433 e. The van der Waals surface area contributed by atoms with Crippen LogP contribution in [0.25, 0.3) is 5.78 Å². The molecule has 2 aromatic rings. The lowest BCUT2D eigenvalue weighted by Crippen LogP contribution is -2.10. The Morgan fingerprint density at radius 3 is 2.62 bits per heavy atom. The number of fused-ring (bicyclic) bond motifs is 1. The SMILES string of the molecule is OCc1nc2nc(C(F)(F)F)cc([S])n2n1. The second kappa shape index (κ2) is 3.52. The normalized spacial score (nSPS) is 12.2. The van der Waals surface area contributed by atoms with E-state index in [4.69, 9.17) is 17.7 Å². The standard InChI is InChI=1S/C7H4F3N4OS/c8-7(9,10)3-1-5(16)14-6(11-3)12-4(2-15)13-14/h1,15H,2H2. The lowest BCUT2D eigenvalue weighted by Gasteiger charge is -2.05. The predicted octanol–water partition coefficient (Wildman–Crippen LogP) is 1.19. The highest BCUT2D eigenvalue weighted by Gasteiger charge is 2.33. The molecule has 1 N–H and O–H groups in total. The first-order chi connectivity index (χ1) is 7.41. The van der Waals surface area contributed by atoms with Crippen molar-refractivity contribution >= 4 is 18.4 Å². The highest BCUT2D eigenvalue weighted by molar-refractivity contribution is 7.80. The number of alkyl halides is 3. The quantitative estimate of drug-likeness (QED) is 0.771. The summed E-state index contributed by atoms with van der Waals surface area (Å²) in [5.41, 5.74) is -1.12. The van der Waals surface area contributed by atoms with Gasteiger partial charge in [0.2, 0.25) is 0 Å². The number of hydrogen-bond acceptors (Lipinski definition) is 4. The monoisotopic (exact) mass is 249 g/mol. The minimum absolute atomic E-state index is 0.0297. The van der Waals surface area contributed by atoms with E-state index in [1.165, 1.54) is 0 Å². The Kier molecular flexibility index (Phi) is 2.43. The Hall–Kier alpha value is -1.48. The van der Waals surface area contributed by atoms with Gasteiger partial charge in [0.15, 0.2) is 11.5 Å². The molecule has 9 heteroatoms. The summed E-state index contributed by atoms with van der Waals surface area (Å²) < 4.78 is 38.1. The van der Waals surface area contributed by atoms with Crippen LogP contribution in [0.15, 0.2) is 11.1 Å². The summed E-state index contributed by atoms with van der Waals surface area (Å²) in [4.78, 5) is 6.85. The van der Waals surface area contributed by atoms with Gasteiger partial charge in [0.1, 0.15) is 11.6 Å². The lowest BCUT2D eigenvalue weighted by atomic mass is 10.4. The minimum Gasteiger partial charge on any atom is -0.388 e. The fourth-order valence-corrected chi connectivity index (χ4v) is 1.33. The van der Waals surface area contributed by atoms with Crippen molar-refractivity contribution in [2.45, 2.75) is 17.8 Å². The van der Waals surface area contributed by atoms with E-state index in [-0.39, 0.29) is 16.6 Å². The molecule has 0 amide bonds. The van der Waals surface area contributed by atoms with Crippen molar-refractivity contribution in [3.05, 3.63) is 17.6 Å². The van der Waals surface area contributed by atoms with Crippen molar-refractivity contribution in [2.75, 3.05) is 0 Å². The van der Waals surface area contributed by atoms with Crippen molar-refractivity contribution in [2.24, 2.45) is 0 Å². The van der Waals surface area contributed by atoms with E-state index >= 15 is 0 Å². The molecule has 2 rings (SSSR count). The summed E-state index contributed by atoms with van der Waals surface area (Å²) in [6.45, 7) is -0.487. The fraction of sp³-hybridized carbons (Fsp3) is 0.286. The first kappa shape index (κ1) is 11.0. The molecule has 16 heavy (non-hydrogen) atoms. The molecule has 0 spiro atoms. The second-order valence-corrected chi connectivity index (χ2v) is 3.29. The molecule has 0 aromatic carbocycles. The van der Waals surface area contributed by atoms with Crippen LogP contribution >= 0.6 is 12.6 Å². The topological polar surface area (TPSA) is 63.3 Å². The zero-order valence-electron chi connectivity index (χ0n) is 7.56. The van der Waals surface area contributed by atoms with Gasteiger partial charge in [0, 0.05) is 6.07 Å². The van der Waals surface area contributed by atoms with Crippen molar-refractivity contribution in [3.8, 4) is 0 Å². The van der Waals surface area contributed by atoms with Crippen molar-refractivity contribution in [3.63, 3.8) is 0 Å². The van der Waals surface area contributed by atoms with Crippen LogP contribution in [0.3, 0.4) is 0 Å². The first-order valence-electron chi connectivity index (χ1n) is 4.03. The molecular formula is C7H4F3N4OS. The molecule has 0 aliphatic rings. The van der Waals surface area contributed by atoms with Crippen LogP contribution in [0, 0.1) is 0 Å². The van der Waals surface area contributed by atoms with E-state index in [0.717, 1.165) is 4.52 Å². The van der Waals surface area contributed by atoms with Gasteiger partial charge < -0.3 is 5.11 Å². The van der Waals surface area contributed by atoms with E-state index < -0.39 is 18.5 Å². The van der Waals surface area contributed by atoms with Crippen molar-refractivity contribution in [1.82, 2.24) is 19.6 Å². The Labute approximate surface area is 92.4 Å². The highest BCUT2D eigenvalue weighted by Crippen LogP contribution is 2.29. The molecular weight excluding hydrogens is 245 g/mol. The van der Waals surface area contributed by atoms with E-state index in [0.29, 0.717) is 6.07 Å². The number of nitrogens with zero attached hydrogens (tertiary/aromatic N) is 4. The molecule has 0 saturated carbocycles. The van der Waals surface area contributed by atoms with Gasteiger partial charge in [-0.1, -0.05) is 12.6 Å². The lowest BCUT2D eigenvalue weighted by molar-refractivity contribution is -0.141. The molecule has 2 heterocycles. The van der Waals surface area contributed by atoms with Crippen molar-refractivity contribution < 1.29 is 18.3 Å². The number of aliphatic hydroxyl groups excluding tert-OH is 1. The molecule has 1 radical (unpaired) electrons. The first-order valence-corrected chi connectivity index (χ1v) is 4.44. The third-order valence-corrected chi connectivity index (χ3v) is 2.05. The molecule has 0 aliphatic heterocycles. The van der Waals surface area contributed by atoms with Crippen LogP contribution in [0.2, 0.25) is 0 Å². The highest BCUT2D eigenvalue weighted by atomic mass is 32.1. The average molecular weight is 249 g/mol. The molecule has 0 bridgehead atoms. The average Bonchev–Trinajstić information content (AvgIpc) is 2.59. The molecule has 0 unspecified atom stereocenters. The molecule has 0 aliphatic carbocycles.